The summed E-state index contributed by atoms with van der Waals surface area (Å²) in [6.45, 7) is 2.58. The highest BCUT2D eigenvalue weighted by Gasteiger charge is 2.30. The molecule has 0 aromatic heterocycles. The van der Waals surface area contributed by atoms with Crippen LogP contribution in [0, 0.1) is 11.3 Å². The lowest BCUT2D eigenvalue weighted by atomic mass is 10.2. The number of anilines is 1. The van der Waals surface area contributed by atoms with E-state index in [1.807, 2.05) is 13.0 Å². The van der Waals surface area contributed by atoms with Crippen LogP contribution in [0.4, 0.5) is 5.69 Å². The van der Waals surface area contributed by atoms with Gasteiger partial charge in [-0.3, -0.25) is 4.79 Å². The van der Waals surface area contributed by atoms with Gasteiger partial charge in [-0.2, -0.15) is 5.26 Å². The Morgan fingerprint density at radius 1 is 1.45 bits per heavy atom. The summed E-state index contributed by atoms with van der Waals surface area (Å²) < 4.78 is 3.43. The second kappa shape index (κ2) is 7.58. The Kier molecular flexibility index (Phi) is 6.41. The van der Waals surface area contributed by atoms with Crippen molar-refractivity contribution in [3.8, 4) is 11.8 Å². The number of nitrogens with zero attached hydrogens (tertiary/aromatic N) is 1. The third-order valence-corrected chi connectivity index (χ3v) is 2.89. The molecule has 0 bridgehead atoms. The summed E-state index contributed by atoms with van der Waals surface area (Å²) in [4.78, 5) is 11.5. The molecular weight excluding hydrogens is 323 g/mol. The molecule has 1 aromatic rings. The highest BCUT2D eigenvalue weighted by molar-refractivity contribution is 6.76. The van der Waals surface area contributed by atoms with Gasteiger partial charge in [-0.1, -0.05) is 48.1 Å². The number of hydrogen-bond donors (Lipinski definition) is 1. The predicted molar refractivity (Wildman–Crippen MR) is 80.5 cm³/mol. The Hall–Kier alpha value is -1.15. The predicted octanol–water partition coefficient (Wildman–Crippen LogP) is 4.05. The van der Waals surface area contributed by atoms with Crippen molar-refractivity contribution in [2.24, 2.45) is 0 Å². The molecule has 0 aliphatic rings. The molecule has 1 aromatic carbocycles. The van der Waals surface area contributed by atoms with Gasteiger partial charge in [0, 0.05) is 5.69 Å². The van der Waals surface area contributed by atoms with Crippen LogP contribution >= 0.6 is 34.8 Å². The highest BCUT2D eigenvalue weighted by Crippen LogP contribution is 2.29. The molecule has 0 heterocycles. The molecule has 0 fully saturated rings. The lowest BCUT2D eigenvalue weighted by molar-refractivity contribution is -0.115. The number of alkyl halides is 3. The molecule has 1 N–H and O–H groups in total. The maximum atomic E-state index is 11.5. The smallest absolute Gasteiger partial charge is 0.276 e. The molecule has 20 heavy (non-hydrogen) atoms. The van der Waals surface area contributed by atoms with Gasteiger partial charge in [0.05, 0.1) is 12.2 Å². The lowest BCUT2D eigenvalue weighted by Gasteiger charge is -2.13. The minimum absolute atomic E-state index is 0.309. The Morgan fingerprint density at radius 3 is 2.70 bits per heavy atom. The molecule has 0 aliphatic carbocycles. The Morgan fingerprint density at radius 2 is 2.15 bits per heavy atom. The van der Waals surface area contributed by atoms with Crippen LogP contribution in [0.1, 0.15) is 25.3 Å². The Balaban J connectivity index is 2.82. The van der Waals surface area contributed by atoms with Crippen LogP contribution in [0.25, 0.3) is 0 Å². The third-order valence-electron chi connectivity index (χ3n) is 2.37. The zero-order valence-corrected chi connectivity index (χ0v) is 13.0. The summed E-state index contributed by atoms with van der Waals surface area (Å²) in [5, 5.41) is 11.5. The normalized spacial score (nSPS) is 10.8. The van der Waals surface area contributed by atoms with E-state index < -0.39 is 9.70 Å². The monoisotopic (exact) mass is 334 g/mol. The maximum Gasteiger partial charge on any atom is 0.276 e. The van der Waals surface area contributed by atoms with Crippen molar-refractivity contribution >= 4 is 46.4 Å². The SMILES string of the molecule is CCCCOc1ccc(NC(=O)C(Cl)(Cl)Cl)cc1C#N. The molecule has 0 saturated heterocycles. The second-order valence-electron chi connectivity index (χ2n) is 3.98. The first-order valence-corrected chi connectivity index (χ1v) is 7.07. The number of hydrogen-bond acceptors (Lipinski definition) is 3. The van der Waals surface area contributed by atoms with Crippen LogP contribution < -0.4 is 10.1 Å². The summed E-state index contributed by atoms with van der Waals surface area (Å²) in [5.74, 6) is -0.320. The van der Waals surface area contributed by atoms with Crippen molar-refractivity contribution in [1.29, 1.82) is 5.26 Å². The Bertz CT molecular complexity index is 521. The topological polar surface area (TPSA) is 62.1 Å². The van der Waals surface area contributed by atoms with Crippen LogP contribution in [0.2, 0.25) is 0 Å². The largest absolute Gasteiger partial charge is 0.492 e. The van der Waals surface area contributed by atoms with E-state index in [-0.39, 0.29) is 0 Å². The summed E-state index contributed by atoms with van der Waals surface area (Å²) in [6.07, 6.45) is 1.90. The molecule has 4 nitrogen and oxygen atoms in total. The molecule has 0 saturated carbocycles. The van der Waals surface area contributed by atoms with E-state index in [1.165, 1.54) is 6.07 Å². The fourth-order valence-electron chi connectivity index (χ4n) is 1.35. The van der Waals surface area contributed by atoms with Crippen LogP contribution in [-0.4, -0.2) is 16.3 Å². The van der Waals surface area contributed by atoms with Gasteiger partial charge in [-0.15, -0.1) is 0 Å². The van der Waals surface area contributed by atoms with Crippen LogP contribution in [0.5, 0.6) is 5.75 Å². The molecule has 108 valence electrons. The first-order valence-electron chi connectivity index (χ1n) is 5.93. The number of ether oxygens (including phenoxy) is 1. The van der Waals surface area contributed by atoms with E-state index in [2.05, 4.69) is 5.32 Å². The first-order chi connectivity index (χ1) is 9.38. The van der Waals surface area contributed by atoms with Crippen LogP contribution in [0.15, 0.2) is 18.2 Å². The van der Waals surface area contributed by atoms with Gasteiger partial charge in [0.1, 0.15) is 11.8 Å². The molecule has 1 rings (SSSR count). The molecule has 0 radical (unpaired) electrons. The van der Waals surface area contributed by atoms with E-state index in [4.69, 9.17) is 44.8 Å². The van der Waals surface area contributed by atoms with Gasteiger partial charge >= 0.3 is 0 Å². The van der Waals surface area contributed by atoms with Gasteiger partial charge in [-0.25, -0.2) is 0 Å². The highest BCUT2D eigenvalue weighted by atomic mass is 35.6. The molecule has 7 heteroatoms. The second-order valence-corrected chi connectivity index (χ2v) is 6.26. The zero-order valence-electron chi connectivity index (χ0n) is 10.8. The number of carbonyl (C=O) groups is 1. The summed E-state index contributed by atoms with van der Waals surface area (Å²) in [6, 6.07) is 6.65. The number of rotatable bonds is 5. The molecule has 0 unspecified atom stereocenters. The van der Waals surface area contributed by atoms with Crippen molar-refractivity contribution < 1.29 is 9.53 Å². The number of amides is 1. The van der Waals surface area contributed by atoms with Crippen molar-refractivity contribution in [2.45, 2.75) is 23.6 Å². The molecule has 0 aliphatic heterocycles. The van der Waals surface area contributed by atoms with Crippen molar-refractivity contribution in [3.63, 3.8) is 0 Å². The number of nitriles is 1. The summed E-state index contributed by atoms with van der Waals surface area (Å²) in [7, 11) is 0. The summed E-state index contributed by atoms with van der Waals surface area (Å²) >= 11 is 16.4. The lowest BCUT2D eigenvalue weighted by Crippen LogP contribution is -2.26. The molecule has 0 atom stereocenters. The minimum Gasteiger partial charge on any atom is -0.492 e. The van der Waals surface area contributed by atoms with Gasteiger partial charge in [0.25, 0.3) is 9.70 Å². The average Bonchev–Trinajstić information content (AvgIpc) is 2.39. The minimum atomic E-state index is -2.05. The molecule has 0 spiro atoms. The van der Waals surface area contributed by atoms with Crippen LogP contribution in [-0.2, 0) is 4.79 Å². The van der Waals surface area contributed by atoms with E-state index in [9.17, 15) is 4.79 Å². The van der Waals surface area contributed by atoms with E-state index in [1.54, 1.807) is 12.1 Å². The number of unbranched alkanes of at least 4 members (excludes halogenated alkanes) is 1. The zero-order chi connectivity index (χ0) is 15.2. The van der Waals surface area contributed by atoms with Crippen molar-refractivity contribution in [2.75, 3.05) is 11.9 Å². The van der Waals surface area contributed by atoms with E-state index in [0.717, 1.165) is 12.8 Å². The fraction of sp³-hybridized carbons (Fsp3) is 0.385. The molecular formula is C13H13Cl3N2O2. The quantitative estimate of drug-likeness (QED) is 0.652. The standard InChI is InChI=1S/C13H13Cl3N2O2/c1-2-3-6-20-11-5-4-10(7-9(11)8-17)18-12(19)13(14,15)16/h4-5,7H,2-3,6H2,1H3,(H,18,19). The van der Waals surface area contributed by atoms with Crippen molar-refractivity contribution in [1.82, 2.24) is 0 Å². The van der Waals surface area contributed by atoms with Crippen molar-refractivity contribution in [3.05, 3.63) is 23.8 Å². The van der Waals surface area contributed by atoms with Gasteiger partial charge < -0.3 is 10.1 Å². The number of halogens is 3. The van der Waals surface area contributed by atoms with Gasteiger partial charge in [-0.05, 0) is 24.6 Å². The first kappa shape index (κ1) is 16.9. The number of nitrogens with one attached hydrogen (secondary N) is 1. The van der Waals surface area contributed by atoms with Gasteiger partial charge in [0.2, 0.25) is 0 Å². The fourth-order valence-corrected chi connectivity index (χ4v) is 1.49. The van der Waals surface area contributed by atoms with Gasteiger partial charge in [0.15, 0.2) is 0 Å². The number of carbonyl (C=O) groups excluding carboxylic acids is 1. The number of benzene rings is 1. The van der Waals surface area contributed by atoms with E-state index in [0.29, 0.717) is 23.6 Å². The van der Waals surface area contributed by atoms with E-state index >= 15 is 0 Å². The maximum absolute atomic E-state index is 11.5. The molecule has 1 amide bonds. The Labute approximate surface area is 132 Å². The van der Waals surface area contributed by atoms with Crippen LogP contribution in [0.3, 0.4) is 0 Å². The average molecular weight is 336 g/mol. The third kappa shape index (κ3) is 5.09. The summed E-state index contributed by atoms with van der Waals surface area (Å²) in [5.41, 5.74) is 0.670.